The van der Waals surface area contributed by atoms with Gasteiger partial charge in [0.2, 0.25) is 0 Å². The standard InChI is InChI=1S/C13H13N3/c1-10(2)16-9-15-8-13(16)12-6-4-3-5-11(12)7-14/h3-6,8-10H,1-2H3. The summed E-state index contributed by atoms with van der Waals surface area (Å²) in [6, 6.07) is 10.1. The van der Waals surface area contributed by atoms with Crippen LogP contribution >= 0.6 is 0 Å². The molecule has 0 saturated heterocycles. The molecule has 1 aromatic carbocycles. The topological polar surface area (TPSA) is 41.6 Å². The molecule has 0 spiro atoms. The normalized spacial score (nSPS) is 10.4. The predicted molar refractivity (Wildman–Crippen MR) is 62.8 cm³/mol. The monoisotopic (exact) mass is 211 g/mol. The highest BCUT2D eigenvalue weighted by Gasteiger charge is 2.10. The fourth-order valence-corrected chi connectivity index (χ4v) is 1.73. The number of benzene rings is 1. The van der Waals surface area contributed by atoms with Crippen molar-refractivity contribution in [1.29, 1.82) is 5.26 Å². The summed E-state index contributed by atoms with van der Waals surface area (Å²) < 4.78 is 2.07. The number of nitrogens with zero attached hydrogens (tertiary/aromatic N) is 3. The van der Waals surface area contributed by atoms with Gasteiger partial charge in [0.15, 0.2) is 0 Å². The van der Waals surface area contributed by atoms with E-state index in [9.17, 15) is 0 Å². The summed E-state index contributed by atoms with van der Waals surface area (Å²) in [5.41, 5.74) is 2.62. The SMILES string of the molecule is CC(C)n1cncc1-c1ccccc1C#N. The van der Waals surface area contributed by atoms with Crippen LogP contribution in [0.2, 0.25) is 0 Å². The maximum Gasteiger partial charge on any atom is 0.0998 e. The summed E-state index contributed by atoms with van der Waals surface area (Å²) in [5.74, 6) is 0. The molecule has 0 unspecified atom stereocenters. The molecule has 0 aliphatic heterocycles. The molecule has 80 valence electrons. The Kier molecular flexibility index (Phi) is 2.74. The Morgan fingerprint density at radius 2 is 2.06 bits per heavy atom. The van der Waals surface area contributed by atoms with Gasteiger partial charge in [-0.25, -0.2) is 4.98 Å². The lowest BCUT2D eigenvalue weighted by Gasteiger charge is -2.12. The summed E-state index contributed by atoms with van der Waals surface area (Å²) >= 11 is 0. The van der Waals surface area contributed by atoms with Crippen molar-refractivity contribution in [3.63, 3.8) is 0 Å². The molecule has 1 aromatic heterocycles. The van der Waals surface area contributed by atoms with Gasteiger partial charge in [0.05, 0.1) is 29.9 Å². The molecule has 0 bridgehead atoms. The van der Waals surface area contributed by atoms with E-state index >= 15 is 0 Å². The van der Waals surface area contributed by atoms with E-state index in [4.69, 9.17) is 5.26 Å². The lowest BCUT2D eigenvalue weighted by molar-refractivity contribution is 0.605. The van der Waals surface area contributed by atoms with Crippen LogP contribution in [0.1, 0.15) is 25.5 Å². The fourth-order valence-electron chi connectivity index (χ4n) is 1.73. The van der Waals surface area contributed by atoms with E-state index in [1.807, 2.05) is 24.3 Å². The molecule has 1 heterocycles. The van der Waals surface area contributed by atoms with Crippen molar-refractivity contribution in [2.45, 2.75) is 19.9 Å². The van der Waals surface area contributed by atoms with Gasteiger partial charge in [-0.3, -0.25) is 0 Å². The summed E-state index contributed by atoms with van der Waals surface area (Å²) in [6.45, 7) is 4.19. The van der Waals surface area contributed by atoms with Crippen LogP contribution in [0.3, 0.4) is 0 Å². The molecule has 16 heavy (non-hydrogen) atoms. The Balaban J connectivity index is 2.60. The zero-order valence-electron chi connectivity index (χ0n) is 9.38. The molecule has 3 heteroatoms. The first-order valence-electron chi connectivity index (χ1n) is 5.25. The Morgan fingerprint density at radius 3 is 2.75 bits per heavy atom. The van der Waals surface area contributed by atoms with E-state index < -0.39 is 0 Å². The third kappa shape index (κ3) is 1.70. The Bertz CT molecular complexity index is 532. The number of hydrogen-bond acceptors (Lipinski definition) is 2. The third-order valence-electron chi connectivity index (χ3n) is 2.55. The number of aromatic nitrogens is 2. The van der Waals surface area contributed by atoms with E-state index in [1.165, 1.54) is 0 Å². The molecular weight excluding hydrogens is 198 g/mol. The minimum atomic E-state index is 0.337. The van der Waals surface area contributed by atoms with E-state index in [2.05, 4.69) is 29.5 Å². The average molecular weight is 211 g/mol. The van der Waals surface area contributed by atoms with Crippen molar-refractivity contribution in [2.75, 3.05) is 0 Å². The molecule has 0 N–H and O–H groups in total. The minimum absolute atomic E-state index is 0.337. The first kappa shape index (κ1) is 10.4. The van der Waals surface area contributed by atoms with Crippen LogP contribution in [0, 0.1) is 11.3 Å². The van der Waals surface area contributed by atoms with Gasteiger partial charge >= 0.3 is 0 Å². The predicted octanol–water partition coefficient (Wildman–Crippen LogP) is 3.00. The molecule has 0 aliphatic carbocycles. The molecule has 0 amide bonds. The number of imidazole rings is 1. The summed E-state index contributed by atoms with van der Waals surface area (Å²) in [5, 5.41) is 9.07. The molecule has 0 atom stereocenters. The molecule has 0 aliphatic rings. The first-order valence-corrected chi connectivity index (χ1v) is 5.25. The molecular formula is C13H13N3. The van der Waals surface area contributed by atoms with Crippen LogP contribution in [-0.4, -0.2) is 9.55 Å². The van der Waals surface area contributed by atoms with Crippen LogP contribution in [0.25, 0.3) is 11.3 Å². The van der Waals surface area contributed by atoms with Crippen molar-refractivity contribution in [2.24, 2.45) is 0 Å². The zero-order valence-corrected chi connectivity index (χ0v) is 9.38. The van der Waals surface area contributed by atoms with E-state index in [-0.39, 0.29) is 0 Å². The molecule has 0 fully saturated rings. The number of rotatable bonds is 2. The van der Waals surface area contributed by atoms with Gasteiger partial charge in [0, 0.05) is 11.6 Å². The van der Waals surface area contributed by atoms with Gasteiger partial charge < -0.3 is 4.57 Å². The van der Waals surface area contributed by atoms with E-state index in [0.29, 0.717) is 11.6 Å². The smallest absolute Gasteiger partial charge is 0.0998 e. The van der Waals surface area contributed by atoms with Gasteiger partial charge in [-0.05, 0) is 19.9 Å². The summed E-state index contributed by atoms with van der Waals surface area (Å²) in [4.78, 5) is 4.15. The Hall–Kier alpha value is -2.08. The third-order valence-corrected chi connectivity index (χ3v) is 2.55. The van der Waals surface area contributed by atoms with Crippen LogP contribution < -0.4 is 0 Å². The molecule has 3 nitrogen and oxygen atoms in total. The quantitative estimate of drug-likeness (QED) is 0.766. The lowest BCUT2D eigenvalue weighted by atomic mass is 10.1. The zero-order chi connectivity index (χ0) is 11.5. The lowest BCUT2D eigenvalue weighted by Crippen LogP contribution is -2.01. The van der Waals surface area contributed by atoms with Crippen LogP contribution in [0.4, 0.5) is 0 Å². The first-order chi connectivity index (χ1) is 7.74. The van der Waals surface area contributed by atoms with Crippen molar-refractivity contribution in [3.8, 4) is 17.3 Å². The van der Waals surface area contributed by atoms with Crippen molar-refractivity contribution < 1.29 is 0 Å². The molecule has 0 radical (unpaired) electrons. The summed E-state index contributed by atoms with van der Waals surface area (Å²) in [6.07, 6.45) is 3.60. The van der Waals surface area contributed by atoms with Crippen LogP contribution in [0.5, 0.6) is 0 Å². The second kappa shape index (κ2) is 4.19. The number of nitriles is 1. The van der Waals surface area contributed by atoms with Gasteiger partial charge in [-0.15, -0.1) is 0 Å². The average Bonchev–Trinajstić information content (AvgIpc) is 2.77. The second-order valence-corrected chi connectivity index (χ2v) is 3.94. The largest absolute Gasteiger partial charge is 0.328 e. The van der Waals surface area contributed by atoms with E-state index in [0.717, 1.165) is 11.3 Å². The Morgan fingerprint density at radius 1 is 1.31 bits per heavy atom. The maximum absolute atomic E-state index is 9.07. The molecule has 0 saturated carbocycles. The van der Waals surface area contributed by atoms with Gasteiger partial charge in [0.25, 0.3) is 0 Å². The minimum Gasteiger partial charge on any atom is -0.328 e. The van der Waals surface area contributed by atoms with Crippen LogP contribution in [-0.2, 0) is 0 Å². The summed E-state index contributed by atoms with van der Waals surface area (Å²) in [7, 11) is 0. The Labute approximate surface area is 95.0 Å². The van der Waals surface area contributed by atoms with Gasteiger partial charge in [-0.2, -0.15) is 5.26 Å². The highest BCUT2D eigenvalue weighted by molar-refractivity contribution is 5.67. The molecule has 2 aromatic rings. The van der Waals surface area contributed by atoms with E-state index in [1.54, 1.807) is 12.5 Å². The van der Waals surface area contributed by atoms with Gasteiger partial charge in [0.1, 0.15) is 0 Å². The maximum atomic E-state index is 9.07. The molecule has 2 rings (SSSR count). The highest BCUT2D eigenvalue weighted by Crippen LogP contribution is 2.25. The fraction of sp³-hybridized carbons (Fsp3) is 0.231. The highest BCUT2D eigenvalue weighted by atomic mass is 15.1. The number of hydrogen-bond donors (Lipinski definition) is 0. The van der Waals surface area contributed by atoms with Crippen molar-refractivity contribution in [3.05, 3.63) is 42.4 Å². The van der Waals surface area contributed by atoms with Crippen LogP contribution in [0.15, 0.2) is 36.8 Å². The van der Waals surface area contributed by atoms with Gasteiger partial charge in [-0.1, -0.05) is 18.2 Å². The van der Waals surface area contributed by atoms with Crippen molar-refractivity contribution in [1.82, 2.24) is 9.55 Å². The second-order valence-electron chi connectivity index (χ2n) is 3.94. The van der Waals surface area contributed by atoms with Crippen molar-refractivity contribution >= 4 is 0 Å².